The summed E-state index contributed by atoms with van der Waals surface area (Å²) in [6.07, 6.45) is 0.305. The lowest BCUT2D eigenvalue weighted by Gasteiger charge is -2.20. The lowest BCUT2D eigenvalue weighted by atomic mass is 10.1. The second kappa shape index (κ2) is 5.82. The maximum atomic E-state index is 12.8. The maximum absolute atomic E-state index is 12.8. The van der Waals surface area contributed by atoms with Gasteiger partial charge >= 0.3 is 6.18 Å². The summed E-state index contributed by atoms with van der Waals surface area (Å²) < 4.78 is 38.3. The van der Waals surface area contributed by atoms with E-state index < -0.39 is 11.7 Å². The van der Waals surface area contributed by atoms with E-state index in [2.05, 4.69) is 4.90 Å². The highest BCUT2D eigenvalue weighted by atomic mass is 19.4. The zero-order valence-electron chi connectivity index (χ0n) is 10.8. The molecule has 2 rings (SSSR count). The number of nitrogens with zero attached hydrogens (tertiary/aromatic N) is 1. The third kappa shape index (κ3) is 3.86. The van der Waals surface area contributed by atoms with Crippen molar-refractivity contribution in [3.8, 4) is 0 Å². The first-order valence-corrected chi connectivity index (χ1v) is 6.65. The Morgan fingerprint density at radius 3 is 2.26 bits per heavy atom. The zero-order valence-corrected chi connectivity index (χ0v) is 10.8. The van der Waals surface area contributed by atoms with Gasteiger partial charge in [-0.05, 0) is 43.6 Å². The van der Waals surface area contributed by atoms with Crippen LogP contribution in [-0.2, 0) is 12.7 Å². The van der Waals surface area contributed by atoms with Crippen LogP contribution in [0.15, 0.2) is 18.2 Å². The molecule has 0 atom stereocenters. The highest BCUT2D eigenvalue weighted by Gasteiger charge is 2.33. The van der Waals surface area contributed by atoms with Gasteiger partial charge in [0, 0.05) is 12.2 Å². The molecular formula is C14H19F3N2. The van der Waals surface area contributed by atoms with Gasteiger partial charge in [-0.3, -0.25) is 4.90 Å². The molecular weight excluding hydrogens is 253 g/mol. The summed E-state index contributed by atoms with van der Waals surface area (Å²) in [4.78, 5) is 2.22. The lowest BCUT2D eigenvalue weighted by Crippen LogP contribution is -2.24. The average molecular weight is 272 g/mol. The largest absolute Gasteiger partial charge is 0.418 e. The topological polar surface area (TPSA) is 29.3 Å². The van der Waals surface area contributed by atoms with Crippen molar-refractivity contribution in [2.75, 3.05) is 18.8 Å². The van der Waals surface area contributed by atoms with Gasteiger partial charge in [-0.1, -0.05) is 18.9 Å². The van der Waals surface area contributed by atoms with Gasteiger partial charge in [0.05, 0.1) is 5.56 Å². The number of benzene rings is 1. The molecule has 2 N–H and O–H groups in total. The lowest BCUT2D eigenvalue weighted by molar-refractivity contribution is -0.137. The third-order valence-corrected chi connectivity index (χ3v) is 3.53. The van der Waals surface area contributed by atoms with E-state index in [0.717, 1.165) is 25.9 Å². The molecule has 1 fully saturated rings. The van der Waals surface area contributed by atoms with Gasteiger partial charge in [0.25, 0.3) is 0 Å². The van der Waals surface area contributed by atoms with E-state index >= 15 is 0 Å². The van der Waals surface area contributed by atoms with Crippen LogP contribution in [0.4, 0.5) is 18.9 Å². The predicted molar refractivity (Wildman–Crippen MR) is 69.6 cm³/mol. The van der Waals surface area contributed by atoms with Crippen LogP contribution in [0.25, 0.3) is 0 Å². The molecule has 0 unspecified atom stereocenters. The maximum Gasteiger partial charge on any atom is 0.418 e. The van der Waals surface area contributed by atoms with E-state index in [4.69, 9.17) is 5.73 Å². The number of nitrogens with two attached hydrogens (primary N) is 1. The van der Waals surface area contributed by atoms with Gasteiger partial charge in [0.15, 0.2) is 0 Å². The summed E-state index contributed by atoms with van der Waals surface area (Å²) in [5, 5.41) is 0. The van der Waals surface area contributed by atoms with Crippen LogP contribution in [0.1, 0.15) is 36.8 Å². The molecule has 2 nitrogen and oxygen atoms in total. The number of rotatable bonds is 2. The van der Waals surface area contributed by atoms with E-state index in [1.807, 2.05) is 0 Å². The van der Waals surface area contributed by atoms with Crippen molar-refractivity contribution < 1.29 is 13.2 Å². The highest BCUT2D eigenvalue weighted by Crippen LogP contribution is 2.34. The second-order valence-corrected chi connectivity index (χ2v) is 5.11. The second-order valence-electron chi connectivity index (χ2n) is 5.11. The van der Waals surface area contributed by atoms with Crippen LogP contribution in [0.5, 0.6) is 0 Å². The number of likely N-dealkylation sites (tertiary alicyclic amines) is 1. The van der Waals surface area contributed by atoms with E-state index in [1.165, 1.54) is 25.0 Å². The smallest absolute Gasteiger partial charge is 0.398 e. The Hall–Kier alpha value is -1.23. The summed E-state index contributed by atoms with van der Waals surface area (Å²) in [6.45, 7) is 2.50. The summed E-state index contributed by atoms with van der Waals surface area (Å²) >= 11 is 0. The van der Waals surface area contributed by atoms with Crippen LogP contribution < -0.4 is 5.73 Å². The molecule has 0 amide bonds. The Kier molecular flexibility index (Phi) is 4.34. The van der Waals surface area contributed by atoms with Crippen LogP contribution in [0, 0.1) is 0 Å². The Morgan fingerprint density at radius 2 is 1.68 bits per heavy atom. The van der Waals surface area contributed by atoms with Crippen molar-refractivity contribution in [3.63, 3.8) is 0 Å². The Balaban J connectivity index is 2.12. The number of alkyl halides is 3. The first-order chi connectivity index (χ1) is 8.97. The monoisotopic (exact) mass is 272 g/mol. The SMILES string of the molecule is Nc1ccc(CN2CCCCCC2)cc1C(F)(F)F. The molecule has 0 aliphatic carbocycles. The minimum Gasteiger partial charge on any atom is -0.398 e. The Bertz CT molecular complexity index is 421. The molecule has 1 heterocycles. The van der Waals surface area contributed by atoms with E-state index in [9.17, 15) is 13.2 Å². The van der Waals surface area contributed by atoms with Gasteiger partial charge in [0.1, 0.15) is 0 Å². The highest BCUT2D eigenvalue weighted by molar-refractivity contribution is 5.50. The Morgan fingerprint density at radius 1 is 1.05 bits per heavy atom. The summed E-state index contributed by atoms with van der Waals surface area (Å²) in [5.41, 5.74) is 5.16. The van der Waals surface area contributed by atoms with Gasteiger partial charge in [0.2, 0.25) is 0 Å². The molecule has 0 bridgehead atoms. The third-order valence-electron chi connectivity index (χ3n) is 3.53. The molecule has 0 spiro atoms. The summed E-state index contributed by atoms with van der Waals surface area (Å²) in [7, 11) is 0. The molecule has 0 aromatic heterocycles. The number of anilines is 1. The van der Waals surface area contributed by atoms with Gasteiger partial charge in [-0.15, -0.1) is 0 Å². The van der Waals surface area contributed by atoms with Crippen molar-refractivity contribution in [2.45, 2.75) is 38.4 Å². The normalized spacial score (nSPS) is 18.3. The minimum absolute atomic E-state index is 0.202. The first-order valence-electron chi connectivity index (χ1n) is 6.65. The van der Waals surface area contributed by atoms with Crippen LogP contribution >= 0.6 is 0 Å². The summed E-state index contributed by atoms with van der Waals surface area (Å²) in [5.74, 6) is 0. The first kappa shape index (κ1) is 14.2. The number of hydrogen-bond acceptors (Lipinski definition) is 2. The van der Waals surface area contributed by atoms with Crippen molar-refractivity contribution >= 4 is 5.69 Å². The molecule has 1 aromatic carbocycles. The number of halogens is 3. The van der Waals surface area contributed by atoms with E-state index in [-0.39, 0.29) is 5.69 Å². The van der Waals surface area contributed by atoms with E-state index in [1.54, 1.807) is 6.07 Å². The molecule has 5 heteroatoms. The molecule has 1 aliphatic heterocycles. The van der Waals surface area contributed by atoms with E-state index in [0.29, 0.717) is 12.1 Å². The van der Waals surface area contributed by atoms with Crippen molar-refractivity contribution in [2.24, 2.45) is 0 Å². The average Bonchev–Trinajstić information content (AvgIpc) is 2.59. The zero-order chi connectivity index (χ0) is 13.9. The van der Waals surface area contributed by atoms with Gasteiger partial charge in [-0.2, -0.15) is 13.2 Å². The Labute approximate surface area is 111 Å². The van der Waals surface area contributed by atoms with Crippen LogP contribution in [-0.4, -0.2) is 18.0 Å². The van der Waals surface area contributed by atoms with Crippen molar-refractivity contribution in [1.29, 1.82) is 0 Å². The molecule has 19 heavy (non-hydrogen) atoms. The van der Waals surface area contributed by atoms with Crippen molar-refractivity contribution in [3.05, 3.63) is 29.3 Å². The fourth-order valence-corrected chi connectivity index (χ4v) is 2.50. The molecule has 1 saturated heterocycles. The standard InChI is InChI=1S/C14H19F3N2/c15-14(16,17)12-9-11(5-6-13(12)18)10-19-7-3-1-2-4-8-19/h5-6,9H,1-4,7-8,10,18H2. The predicted octanol–water partition coefficient (Wildman–Crippen LogP) is 3.66. The van der Waals surface area contributed by atoms with Gasteiger partial charge in [-0.25, -0.2) is 0 Å². The van der Waals surface area contributed by atoms with Crippen LogP contribution in [0.3, 0.4) is 0 Å². The number of hydrogen-bond donors (Lipinski definition) is 1. The van der Waals surface area contributed by atoms with Gasteiger partial charge < -0.3 is 5.73 Å². The summed E-state index contributed by atoms with van der Waals surface area (Å²) in [6, 6.07) is 4.23. The number of nitrogen functional groups attached to an aromatic ring is 1. The molecule has 1 aliphatic rings. The van der Waals surface area contributed by atoms with Crippen molar-refractivity contribution in [1.82, 2.24) is 4.90 Å². The quantitative estimate of drug-likeness (QED) is 0.832. The minimum atomic E-state index is -4.38. The molecule has 1 aromatic rings. The molecule has 0 saturated carbocycles. The molecule has 106 valence electrons. The van der Waals surface area contributed by atoms with Crippen LogP contribution in [0.2, 0.25) is 0 Å². The fraction of sp³-hybridized carbons (Fsp3) is 0.571. The fourth-order valence-electron chi connectivity index (χ4n) is 2.50. The molecule has 0 radical (unpaired) electrons.